The van der Waals surface area contributed by atoms with Crippen molar-refractivity contribution in [3.63, 3.8) is 0 Å². The minimum atomic E-state index is -1.15. The summed E-state index contributed by atoms with van der Waals surface area (Å²) in [7, 11) is 1.64. The molecule has 3 heterocycles. The molecule has 0 aliphatic carbocycles. The fourth-order valence-electron chi connectivity index (χ4n) is 4.39. The normalized spacial score (nSPS) is 20.9. The number of nitrogens with zero attached hydrogens (tertiary/aromatic N) is 4. The van der Waals surface area contributed by atoms with E-state index in [1.54, 1.807) is 31.6 Å². The van der Waals surface area contributed by atoms with E-state index in [1.807, 2.05) is 29.2 Å². The average Bonchev–Trinajstić information content (AvgIpc) is 3.26. The number of ether oxygens (including phenoxy) is 1. The first-order valence-electron chi connectivity index (χ1n) is 10.7. The number of halogens is 1. The number of amidine groups is 1. The van der Waals surface area contributed by atoms with Crippen molar-refractivity contribution in [2.45, 2.75) is 18.6 Å². The number of rotatable bonds is 5. The van der Waals surface area contributed by atoms with Crippen LogP contribution in [0.2, 0.25) is 0 Å². The summed E-state index contributed by atoms with van der Waals surface area (Å²) in [5.41, 5.74) is 3.31. The van der Waals surface area contributed by atoms with Crippen molar-refractivity contribution in [1.29, 1.82) is 0 Å². The van der Waals surface area contributed by atoms with E-state index in [0.717, 1.165) is 40.9 Å². The SMILES string of the molecule is COc1cc(C=C2CCCN3C2=NOC3(CO)c2ccc(F)cc2)ccc1-c1ccnnc1. The number of benzene rings is 2. The van der Waals surface area contributed by atoms with Crippen LogP contribution in [0.4, 0.5) is 4.39 Å². The Morgan fingerprint density at radius 3 is 2.76 bits per heavy atom. The molecular weight excluding hydrogens is 423 g/mol. The Balaban J connectivity index is 1.47. The van der Waals surface area contributed by atoms with Gasteiger partial charge in [0.05, 0.1) is 19.5 Å². The molecule has 2 aliphatic rings. The van der Waals surface area contributed by atoms with Gasteiger partial charge in [-0.2, -0.15) is 10.2 Å². The molecule has 3 aromatic rings. The largest absolute Gasteiger partial charge is 0.496 e. The van der Waals surface area contributed by atoms with Crippen LogP contribution in [0.1, 0.15) is 24.0 Å². The number of aliphatic hydroxyl groups excluding tert-OH is 1. The molecule has 168 valence electrons. The third-order valence-corrected chi connectivity index (χ3v) is 6.06. The van der Waals surface area contributed by atoms with Crippen LogP contribution >= 0.6 is 0 Å². The number of aliphatic hydroxyl groups is 1. The molecule has 0 saturated carbocycles. The van der Waals surface area contributed by atoms with E-state index in [4.69, 9.17) is 9.57 Å². The maximum Gasteiger partial charge on any atom is 0.260 e. The molecule has 2 aromatic carbocycles. The van der Waals surface area contributed by atoms with Gasteiger partial charge in [-0.3, -0.25) is 0 Å². The lowest BCUT2D eigenvalue weighted by atomic mass is 9.94. The summed E-state index contributed by atoms with van der Waals surface area (Å²) in [5, 5.41) is 22.4. The van der Waals surface area contributed by atoms with Gasteiger partial charge in [-0.1, -0.05) is 11.2 Å². The second-order valence-electron chi connectivity index (χ2n) is 7.97. The summed E-state index contributed by atoms with van der Waals surface area (Å²) in [4.78, 5) is 7.78. The summed E-state index contributed by atoms with van der Waals surface area (Å²) >= 11 is 0. The molecule has 1 saturated heterocycles. The molecule has 7 nitrogen and oxygen atoms in total. The van der Waals surface area contributed by atoms with E-state index in [-0.39, 0.29) is 12.4 Å². The maximum absolute atomic E-state index is 13.5. The Labute approximate surface area is 190 Å². The van der Waals surface area contributed by atoms with Gasteiger partial charge >= 0.3 is 0 Å². The van der Waals surface area contributed by atoms with Crippen LogP contribution < -0.4 is 4.74 Å². The minimum Gasteiger partial charge on any atom is -0.496 e. The summed E-state index contributed by atoms with van der Waals surface area (Å²) in [6.07, 6.45) is 7.10. The fraction of sp³-hybridized carbons (Fsp3) is 0.240. The van der Waals surface area contributed by atoms with Crippen molar-refractivity contribution < 1.29 is 19.1 Å². The Morgan fingerprint density at radius 2 is 2.03 bits per heavy atom. The van der Waals surface area contributed by atoms with Gasteiger partial charge < -0.3 is 19.6 Å². The molecular formula is C25H23FN4O3. The Hall–Kier alpha value is -3.78. The van der Waals surface area contributed by atoms with Gasteiger partial charge in [-0.15, -0.1) is 0 Å². The number of methoxy groups -OCH3 is 1. The maximum atomic E-state index is 13.5. The lowest BCUT2D eigenvalue weighted by Gasteiger charge is -2.38. The van der Waals surface area contributed by atoms with Gasteiger partial charge in [0.15, 0.2) is 5.84 Å². The molecule has 1 aromatic heterocycles. The van der Waals surface area contributed by atoms with Gasteiger partial charge in [-0.25, -0.2) is 4.39 Å². The van der Waals surface area contributed by atoms with Crippen molar-refractivity contribution >= 4 is 11.9 Å². The lowest BCUT2D eigenvalue weighted by molar-refractivity contribution is -0.137. The smallest absolute Gasteiger partial charge is 0.260 e. The predicted molar refractivity (Wildman–Crippen MR) is 122 cm³/mol. The third kappa shape index (κ3) is 3.72. The highest BCUT2D eigenvalue weighted by Crippen LogP contribution is 2.40. The highest BCUT2D eigenvalue weighted by molar-refractivity contribution is 6.03. The molecule has 1 atom stereocenters. The number of piperidine rings is 1. The van der Waals surface area contributed by atoms with Gasteiger partial charge in [0.1, 0.15) is 18.2 Å². The molecule has 8 heteroatoms. The number of hydrogen-bond donors (Lipinski definition) is 1. The van der Waals surface area contributed by atoms with E-state index in [0.29, 0.717) is 17.9 Å². The summed E-state index contributed by atoms with van der Waals surface area (Å²) in [5.74, 6) is 1.07. The van der Waals surface area contributed by atoms with Crippen molar-refractivity contribution in [2.24, 2.45) is 5.16 Å². The number of fused-ring (bicyclic) bond motifs is 1. The van der Waals surface area contributed by atoms with Crippen LogP contribution in [-0.4, -0.2) is 46.3 Å². The Bertz CT molecular complexity index is 1210. The minimum absolute atomic E-state index is 0.304. The molecule has 0 spiro atoms. The molecule has 5 rings (SSSR count). The summed E-state index contributed by atoms with van der Waals surface area (Å²) in [6, 6.07) is 13.8. The summed E-state index contributed by atoms with van der Waals surface area (Å²) in [6.45, 7) is 0.368. The van der Waals surface area contributed by atoms with Crippen molar-refractivity contribution in [3.05, 3.63) is 83.4 Å². The predicted octanol–water partition coefficient (Wildman–Crippen LogP) is 3.96. The summed E-state index contributed by atoms with van der Waals surface area (Å²) < 4.78 is 19.1. The first-order valence-corrected chi connectivity index (χ1v) is 10.7. The van der Waals surface area contributed by atoms with Crippen LogP contribution in [0.15, 0.2) is 71.7 Å². The number of hydrogen-bond acceptors (Lipinski definition) is 7. The van der Waals surface area contributed by atoms with Gasteiger partial charge in [0.25, 0.3) is 5.72 Å². The molecule has 0 bridgehead atoms. The molecule has 1 unspecified atom stereocenters. The van der Waals surface area contributed by atoms with E-state index in [9.17, 15) is 9.50 Å². The zero-order valence-corrected chi connectivity index (χ0v) is 18.1. The molecule has 33 heavy (non-hydrogen) atoms. The lowest BCUT2D eigenvalue weighted by Crippen LogP contribution is -2.51. The van der Waals surface area contributed by atoms with Crippen LogP contribution in [0.25, 0.3) is 17.2 Å². The van der Waals surface area contributed by atoms with Gasteiger partial charge in [0, 0.05) is 23.2 Å². The van der Waals surface area contributed by atoms with E-state index in [1.165, 1.54) is 12.1 Å². The highest BCUT2D eigenvalue weighted by Gasteiger charge is 2.49. The van der Waals surface area contributed by atoms with E-state index >= 15 is 0 Å². The van der Waals surface area contributed by atoms with E-state index in [2.05, 4.69) is 21.4 Å². The fourth-order valence-corrected chi connectivity index (χ4v) is 4.39. The molecule has 1 N–H and O–H groups in total. The monoisotopic (exact) mass is 446 g/mol. The Kier molecular flexibility index (Phi) is 5.51. The first kappa shape index (κ1) is 21.1. The van der Waals surface area contributed by atoms with Crippen molar-refractivity contribution in [3.8, 4) is 16.9 Å². The molecule has 0 amide bonds. The zero-order chi connectivity index (χ0) is 22.8. The molecule has 2 aliphatic heterocycles. The Morgan fingerprint density at radius 1 is 1.18 bits per heavy atom. The average molecular weight is 446 g/mol. The van der Waals surface area contributed by atoms with Gasteiger partial charge in [0.2, 0.25) is 0 Å². The van der Waals surface area contributed by atoms with E-state index < -0.39 is 5.72 Å². The van der Waals surface area contributed by atoms with Crippen molar-refractivity contribution in [2.75, 3.05) is 20.3 Å². The second kappa shape index (κ2) is 8.63. The first-order chi connectivity index (χ1) is 16.1. The van der Waals surface area contributed by atoms with Crippen molar-refractivity contribution in [1.82, 2.24) is 15.1 Å². The zero-order valence-electron chi connectivity index (χ0n) is 18.1. The van der Waals surface area contributed by atoms with Crippen LogP contribution in [0.5, 0.6) is 5.75 Å². The highest BCUT2D eigenvalue weighted by atomic mass is 19.1. The molecule has 0 radical (unpaired) electrons. The van der Waals surface area contributed by atoms with Gasteiger partial charge in [-0.05, 0) is 72.5 Å². The third-order valence-electron chi connectivity index (χ3n) is 6.06. The standard InChI is InChI=1S/C25H23FN4O3/c1-32-23-14-17(4-9-22(23)19-10-11-27-28-15-19)13-18-3-2-12-30-24(18)29-33-25(30,16-31)20-5-7-21(26)8-6-20/h4-11,13-15,31H,2-3,12,16H2,1H3. The van der Waals surface area contributed by atoms with Crippen LogP contribution in [0.3, 0.4) is 0 Å². The topological polar surface area (TPSA) is 80.1 Å². The number of aromatic nitrogens is 2. The van der Waals surface area contributed by atoms with Crippen LogP contribution in [-0.2, 0) is 10.6 Å². The quantitative estimate of drug-likeness (QED) is 0.639. The number of oxime groups is 1. The molecule has 1 fully saturated rings. The second-order valence-corrected chi connectivity index (χ2v) is 7.97. The van der Waals surface area contributed by atoms with Crippen LogP contribution in [0, 0.1) is 5.82 Å².